The SMILES string of the molecule is Cn1c(C(=O)N[C@H](C(=O)N2C[C@H]3N(C(=O)CNS(=O)(=O)c4cc(Cl)ccc4Cl)CC32C)C(C)(C)C)cc2ccccc21. The Labute approximate surface area is 255 Å². The molecule has 2 aliphatic rings. The molecule has 3 aromatic rings. The molecule has 0 bridgehead atoms. The minimum absolute atomic E-state index is 0.00933. The van der Waals surface area contributed by atoms with Crippen molar-refractivity contribution in [1.82, 2.24) is 24.4 Å². The van der Waals surface area contributed by atoms with Crippen molar-refractivity contribution in [2.45, 2.75) is 50.2 Å². The number of nitrogens with zero attached hydrogens (tertiary/aromatic N) is 3. The average molecular weight is 635 g/mol. The number of halogens is 2. The maximum absolute atomic E-state index is 13.8. The molecule has 2 saturated heterocycles. The van der Waals surface area contributed by atoms with Crippen LogP contribution in [0, 0.1) is 5.41 Å². The van der Waals surface area contributed by atoms with Gasteiger partial charge in [-0.25, -0.2) is 13.1 Å². The number of likely N-dealkylation sites (tertiary alicyclic amines) is 2. The highest BCUT2D eigenvalue weighted by Crippen LogP contribution is 2.45. The predicted molar refractivity (Wildman–Crippen MR) is 161 cm³/mol. The summed E-state index contributed by atoms with van der Waals surface area (Å²) in [4.78, 5) is 43.2. The van der Waals surface area contributed by atoms with Crippen LogP contribution in [0.4, 0.5) is 0 Å². The molecular weight excluding hydrogens is 601 g/mol. The number of rotatable bonds is 7. The van der Waals surface area contributed by atoms with Crippen molar-refractivity contribution >= 4 is 61.8 Å². The van der Waals surface area contributed by atoms with Crippen molar-refractivity contribution in [3.8, 4) is 0 Å². The maximum Gasteiger partial charge on any atom is 0.268 e. The average Bonchev–Trinajstić information content (AvgIpc) is 3.26. The normalized spacial score (nSPS) is 20.9. The lowest BCUT2D eigenvalue weighted by atomic mass is 9.70. The van der Waals surface area contributed by atoms with Crippen LogP contribution in [0.15, 0.2) is 53.4 Å². The van der Waals surface area contributed by atoms with Crippen molar-refractivity contribution in [3.63, 3.8) is 0 Å². The zero-order chi connectivity index (χ0) is 30.8. The number of benzene rings is 2. The summed E-state index contributed by atoms with van der Waals surface area (Å²) in [5.74, 6) is -0.985. The number of carbonyl (C=O) groups is 3. The molecule has 42 heavy (non-hydrogen) atoms. The lowest BCUT2D eigenvalue weighted by Crippen LogP contribution is -2.89. The van der Waals surface area contributed by atoms with Gasteiger partial charge >= 0.3 is 0 Å². The first-order chi connectivity index (χ1) is 19.5. The summed E-state index contributed by atoms with van der Waals surface area (Å²) in [5, 5.41) is 4.09. The van der Waals surface area contributed by atoms with E-state index < -0.39 is 39.5 Å². The van der Waals surface area contributed by atoms with Gasteiger partial charge in [0.05, 0.1) is 23.1 Å². The smallest absolute Gasteiger partial charge is 0.268 e. The van der Waals surface area contributed by atoms with Gasteiger partial charge < -0.3 is 19.7 Å². The first kappa shape index (κ1) is 30.3. The second-order valence-electron chi connectivity index (χ2n) is 12.2. The van der Waals surface area contributed by atoms with E-state index >= 15 is 0 Å². The lowest BCUT2D eigenvalue weighted by molar-refractivity contribution is -0.206. The number of fused-ring (bicyclic) bond motifs is 2. The van der Waals surface area contributed by atoms with Crippen molar-refractivity contribution < 1.29 is 22.8 Å². The van der Waals surface area contributed by atoms with E-state index in [9.17, 15) is 22.8 Å². The standard InChI is InChI=1S/C29H33Cl2N5O5S/c1-28(2,3)25(33-26(38)21-12-17-8-6-7-9-20(17)34(21)5)27(39)36-15-23-29(36,4)16-35(23)24(37)14-32-42(40,41)22-13-18(30)10-11-19(22)31/h6-13,23,25,32H,14-16H2,1-5H3,(H,33,38)/t23-,25-,29?/m1/s1. The Morgan fingerprint density at radius 2 is 1.79 bits per heavy atom. The summed E-state index contributed by atoms with van der Waals surface area (Å²) in [5.41, 5.74) is 0.165. The molecule has 3 amide bonds. The molecule has 2 N–H and O–H groups in total. The van der Waals surface area contributed by atoms with Crippen molar-refractivity contribution in [2.75, 3.05) is 19.6 Å². The fraction of sp³-hybridized carbons (Fsp3) is 0.414. The highest BCUT2D eigenvalue weighted by atomic mass is 35.5. The lowest BCUT2D eigenvalue weighted by Gasteiger charge is -2.69. The molecule has 224 valence electrons. The third-order valence-electron chi connectivity index (χ3n) is 8.31. The van der Waals surface area contributed by atoms with Gasteiger partial charge in [0.15, 0.2) is 0 Å². The Morgan fingerprint density at radius 1 is 1.10 bits per heavy atom. The van der Waals surface area contributed by atoms with Crippen LogP contribution < -0.4 is 10.0 Å². The minimum atomic E-state index is -4.07. The Balaban J connectivity index is 1.24. The number of aromatic nitrogens is 1. The van der Waals surface area contributed by atoms with Crippen LogP contribution in [-0.4, -0.2) is 77.8 Å². The van der Waals surface area contributed by atoms with E-state index in [0.717, 1.165) is 10.9 Å². The first-order valence-electron chi connectivity index (χ1n) is 13.5. The number of hydrogen-bond acceptors (Lipinski definition) is 5. The Bertz CT molecular complexity index is 1720. The summed E-state index contributed by atoms with van der Waals surface area (Å²) >= 11 is 11.9. The van der Waals surface area contributed by atoms with E-state index in [2.05, 4.69) is 10.0 Å². The minimum Gasteiger partial charge on any atom is -0.340 e. The van der Waals surface area contributed by atoms with Crippen LogP contribution >= 0.6 is 23.2 Å². The van der Waals surface area contributed by atoms with E-state index in [1.54, 1.807) is 20.4 Å². The summed E-state index contributed by atoms with van der Waals surface area (Å²) in [7, 11) is -2.26. The molecule has 0 aliphatic carbocycles. The van der Waals surface area contributed by atoms with Gasteiger partial charge in [-0.3, -0.25) is 14.4 Å². The molecule has 1 aromatic heterocycles. The molecule has 0 saturated carbocycles. The second kappa shape index (κ2) is 10.6. The van der Waals surface area contributed by atoms with Crippen LogP contribution in [0.2, 0.25) is 10.0 Å². The van der Waals surface area contributed by atoms with Gasteiger partial charge in [0.25, 0.3) is 5.91 Å². The summed E-state index contributed by atoms with van der Waals surface area (Å²) in [6.45, 7) is 7.64. The molecule has 13 heteroatoms. The van der Waals surface area contributed by atoms with Crippen LogP contribution in [0.1, 0.15) is 38.2 Å². The third kappa shape index (κ3) is 5.16. The molecule has 2 aliphatic heterocycles. The number of amides is 3. The topological polar surface area (TPSA) is 121 Å². The van der Waals surface area contributed by atoms with Crippen LogP contribution in [-0.2, 0) is 26.7 Å². The quantitative estimate of drug-likeness (QED) is 0.413. The molecule has 0 spiro atoms. The number of hydrogen-bond donors (Lipinski definition) is 2. The molecular formula is C29H33Cl2N5O5S. The number of piperazine rings is 1. The van der Waals surface area contributed by atoms with E-state index in [1.165, 1.54) is 18.2 Å². The maximum atomic E-state index is 13.8. The summed E-state index contributed by atoms with van der Waals surface area (Å²) in [6, 6.07) is 12.5. The highest BCUT2D eigenvalue weighted by Gasteiger charge is 2.65. The molecule has 3 heterocycles. The van der Waals surface area contributed by atoms with E-state index in [1.807, 2.05) is 59.0 Å². The fourth-order valence-electron chi connectivity index (χ4n) is 5.75. The molecule has 3 atom stereocenters. The van der Waals surface area contributed by atoms with Gasteiger partial charge in [-0.15, -0.1) is 0 Å². The number of nitrogens with one attached hydrogen (secondary N) is 2. The molecule has 2 aromatic carbocycles. The van der Waals surface area contributed by atoms with Gasteiger partial charge in [0.2, 0.25) is 21.8 Å². The first-order valence-corrected chi connectivity index (χ1v) is 15.7. The zero-order valence-corrected chi connectivity index (χ0v) is 26.3. The second-order valence-corrected chi connectivity index (χ2v) is 14.7. The van der Waals surface area contributed by atoms with Crippen LogP contribution in [0.3, 0.4) is 0 Å². The molecule has 10 nitrogen and oxygen atoms in total. The number of aryl methyl sites for hydroxylation is 1. The van der Waals surface area contributed by atoms with Gasteiger partial charge in [0, 0.05) is 36.1 Å². The van der Waals surface area contributed by atoms with Gasteiger partial charge in [-0.1, -0.05) is 62.2 Å². The van der Waals surface area contributed by atoms with Gasteiger partial charge in [0.1, 0.15) is 16.6 Å². The number of para-hydroxylation sites is 1. The summed E-state index contributed by atoms with van der Waals surface area (Å²) < 4.78 is 29.5. The van der Waals surface area contributed by atoms with E-state index in [4.69, 9.17) is 23.2 Å². The Morgan fingerprint density at radius 3 is 2.40 bits per heavy atom. The zero-order valence-electron chi connectivity index (χ0n) is 23.9. The third-order valence-corrected chi connectivity index (χ3v) is 10.4. The monoisotopic (exact) mass is 633 g/mol. The van der Waals surface area contributed by atoms with Crippen LogP contribution in [0.5, 0.6) is 0 Å². The Hall–Kier alpha value is -3.12. The molecule has 0 radical (unpaired) electrons. The molecule has 2 fully saturated rings. The van der Waals surface area contributed by atoms with Gasteiger partial charge in [-0.2, -0.15) is 0 Å². The van der Waals surface area contributed by atoms with E-state index in [-0.39, 0.29) is 45.9 Å². The van der Waals surface area contributed by atoms with Crippen LogP contribution in [0.25, 0.3) is 10.9 Å². The Kier molecular flexibility index (Phi) is 7.62. The van der Waals surface area contributed by atoms with E-state index in [0.29, 0.717) is 5.69 Å². The van der Waals surface area contributed by atoms with Gasteiger partial charge in [-0.05, 0) is 42.7 Å². The number of sulfonamides is 1. The predicted octanol–water partition coefficient (Wildman–Crippen LogP) is 3.42. The summed E-state index contributed by atoms with van der Waals surface area (Å²) in [6.07, 6.45) is 0. The van der Waals surface area contributed by atoms with Crippen molar-refractivity contribution in [2.24, 2.45) is 12.5 Å². The largest absolute Gasteiger partial charge is 0.340 e. The van der Waals surface area contributed by atoms with Crippen molar-refractivity contribution in [3.05, 3.63) is 64.3 Å². The molecule has 1 unspecified atom stereocenters. The number of carbonyl (C=O) groups excluding carboxylic acids is 3. The molecule has 5 rings (SSSR count). The highest BCUT2D eigenvalue weighted by molar-refractivity contribution is 7.89. The fourth-order valence-corrected chi connectivity index (χ4v) is 7.49. The van der Waals surface area contributed by atoms with Crippen molar-refractivity contribution in [1.29, 1.82) is 0 Å².